The van der Waals surface area contributed by atoms with E-state index in [2.05, 4.69) is 19.1 Å². The Labute approximate surface area is 111 Å². The third kappa shape index (κ3) is 2.93. The van der Waals surface area contributed by atoms with Crippen molar-refractivity contribution in [3.8, 4) is 11.1 Å². The van der Waals surface area contributed by atoms with E-state index in [9.17, 15) is 4.79 Å². The molecule has 0 radical (unpaired) electrons. The molecule has 0 atom stereocenters. The Bertz CT molecular complexity index is 547. The van der Waals surface area contributed by atoms with Gasteiger partial charge in [0.15, 0.2) is 0 Å². The summed E-state index contributed by atoms with van der Waals surface area (Å²) < 4.78 is 0. The summed E-state index contributed by atoms with van der Waals surface area (Å²) in [4.78, 5) is 12.2. The van der Waals surface area contributed by atoms with Crippen LogP contribution in [0.5, 0.6) is 0 Å². The van der Waals surface area contributed by atoms with Crippen molar-refractivity contribution in [3.63, 3.8) is 0 Å². The average molecular weight is 258 g/mol. The smallest absolute Gasteiger partial charge is 0.335 e. The van der Waals surface area contributed by atoms with Crippen molar-refractivity contribution in [1.29, 1.82) is 0 Å². The molecule has 0 aliphatic rings. The van der Waals surface area contributed by atoms with Gasteiger partial charge in [0, 0.05) is 4.90 Å². The number of carbonyl (C=O) groups is 1. The summed E-state index contributed by atoms with van der Waals surface area (Å²) in [7, 11) is 0. The molecule has 0 aliphatic heterocycles. The van der Waals surface area contributed by atoms with E-state index in [-0.39, 0.29) is 0 Å². The summed E-state index contributed by atoms with van der Waals surface area (Å²) in [5.74, 6) is 0.156. The van der Waals surface area contributed by atoms with Gasteiger partial charge in [-0.1, -0.05) is 31.2 Å². The van der Waals surface area contributed by atoms with Gasteiger partial charge in [0.05, 0.1) is 5.56 Å². The highest BCUT2D eigenvalue weighted by atomic mass is 32.2. The summed E-state index contributed by atoms with van der Waals surface area (Å²) >= 11 is 1.79. The molecule has 0 aromatic heterocycles. The Morgan fingerprint density at radius 2 is 1.83 bits per heavy atom. The molecule has 0 fully saturated rings. The van der Waals surface area contributed by atoms with Crippen molar-refractivity contribution in [2.45, 2.75) is 11.8 Å². The minimum atomic E-state index is -0.894. The van der Waals surface area contributed by atoms with E-state index in [0.717, 1.165) is 16.9 Å². The number of hydrogen-bond donors (Lipinski definition) is 1. The molecular formula is C15H14O2S. The summed E-state index contributed by atoms with van der Waals surface area (Å²) in [6.07, 6.45) is 0. The third-order valence-electron chi connectivity index (χ3n) is 2.61. The molecule has 2 rings (SSSR count). The molecule has 1 N–H and O–H groups in total. The van der Waals surface area contributed by atoms with E-state index in [1.807, 2.05) is 18.2 Å². The third-order valence-corrected chi connectivity index (χ3v) is 3.50. The predicted octanol–water partition coefficient (Wildman–Crippen LogP) is 4.16. The van der Waals surface area contributed by atoms with Gasteiger partial charge in [-0.2, -0.15) is 0 Å². The second kappa shape index (κ2) is 5.74. The number of carboxylic acid groups (broad SMARTS) is 1. The summed E-state index contributed by atoms with van der Waals surface area (Å²) in [6, 6.07) is 15.2. The van der Waals surface area contributed by atoms with Crippen LogP contribution in [0.3, 0.4) is 0 Å². The quantitative estimate of drug-likeness (QED) is 0.836. The summed E-state index contributed by atoms with van der Waals surface area (Å²) in [5, 5.41) is 8.97. The molecule has 92 valence electrons. The fourth-order valence-corrected chi connectivity index (χ4v) is 2.40. The largest absolute Gasteiger partial charge is 0.478 e. The fourth-order valence-electron chi connectivity index (χ4n) is 1.74. The Morgan fingerprint density at radius 1 is 1.11 bits per heavy atom. The molecule has 0 amide bonds. The van der Waals surface area contributed by atoms with E-state index < -0.39 is 5.97 Å². The van der Waals surface area contributed by atoms with Gasteiger partial charge in [-0.3, -0.25) is 0 Å². The first-order valence-electron chi connectivity index (χ1n) is 5.77. The van der Waals surface area contributed by atoms with Crippen molar-refractivity contribution >= 4 is 17.7 Å². The van der Waals surface area contributed by atoms with Crippen molar-refractivity contribution in [3.05, 3.63) is 54.1 Å². The van der Waals surface area contributed by atoms with Gasteiger partial charge in [0.1, 0.15) is 0 Å². The predicted molar refractivity (Wildman–Crippen MR) is 75.2 cm³/mol. The van der Waals surface area contributed by atoms with E-state index in [4.69, 9.17) is 5.11 Å². The van der Waals surface area contributed by atoms with Gasteiger partial charge in [0.2, 0.25) is 0 Å². The monoisotopic (exact) mass is 258 g/mol. The number of thioether (sulfide) groups is 1. The van der Waals surface area contributed by atoms with Gasteiger partial charge in [-0.05, 0) is 41.1 Å². The van der Waals surface area contributed by atoms with Gasteiger partial charge < -0.3 is 5.11 Å². The molecule has 0 unspecified atom stereocenters. The normalized spacial score (nSPS) is 10.3. The summed E-state index contributed by atoms with van der Waals surface area (Å²) in [6.45, 7) is 2.12. The highest BCUT2D eigenvalue weighted by Gasteiger charge is 2.04. The Kier molecular flexibility index (Phi) is 4.05. The lowest BCUT2D eigenvalue weighted by atomic mass is 10.0. The van der Waals surface area contributed by atoms with Crippen LogP contribution in [0.1, 0.15) is 17.3 Å². The number of carboxylic acids is 1. The molecule has 2 aromatic carbocycles. The van der Waals surface area contributed by atoms with Gasteiger partial charge in [0.25, 0.3) is 0 Å². The van der Waals surface area contributed by atoms with Crippen LogP contribution in [0, 0.1) is 0 Å². The van der Waals surface area contributed by atoms with Crippen LogP contribution in [0.15, 0.2) is 53.4 Å². The van der Waals surface area contributed by atoms with Crippen LogP contribution in [0.2, 0.25) is 0 Å². The van der Waals surface area contributed by atoms with Crippen LogP contribution >= 0.6 is 11.8 Å². The van der Waals surface area contributed by atoms with Crippen molar-refractivity contribution < 1.29 is 9.90 Å². The molecule has 2 aromatic rings. The van der Waals surface area contributed by atoms with E-state index in [1.54, 1.807) is 30.0 Å². The van der Waals surface area contributed by atoms with Crippen molar-refractivity contribution in [2.75, 3.05) is 5.75 Å². The Balaban J connectivity index is 2.30. The number of hydrogen-bond acceptors (Lipinski definition) is 2. The molecule has 2 nitrogen and oxygen atoms in total. The summed E-state index contributed by atoms with van der Waals surface area (Å²) in [5.41, 5.74) is 2.29. The zero-order valence-corrected chi connectivity index (χ0v) is 10.9. The highest BCUT2D eigenvalue weighted by molar-refractivity contribution is 7.99. The van der Waals surface area contributed by atoms with Gasteiger partial charge in [-0.15, -0.1) is 11.8 Å². The molecule has 18 heavy (non-hydrogen) atoms. The molecule has 0 spiro atoms. The van der Waals surface area contributed by atoms with Gasteiger partial charge in [-0.25, -0.2) is 4.79 Å². The molecular weight excluding hydrogens is 244 g/mol. The first-order valence-corrected chi connectivity index (χ1v) is 6.76. The SMILES string of the molecule is CCSc1ccc(-c2cccc(C(=O)O)c2)cc1. The lowest BCUT2D eigenvalue weighted by molar-refractivity contribution is 0.0697. The van der Waals surface area contributed by atoms with Crippen LogP contribution < -0.4 is 0 Å². The lowest BCUT2D eigenvalue weighted by Crippen LogP contribution is -1.95. The van der Waals surface area contributed by atoms with E-state index in [0.29, 0.717) is 5.56 Å². The zero-order valence-electron chi connectivity index (χ0n) is 10.1. The van der Waals surface area contributed by atoms with Gasteiger partial charge >= 0.3 is 5.97 Å². The Hall–Kier alpha value is -1.74. The van der Waals surface area contributed by atoms with Crippen LogP contribution in [-0.4, -0.2) is 16.8 Å². The lowest BCUT2D eigenvalue weighted by Gasteiger charge is -2.04. The standard InChI is InChI=1S/C15H14O2S/c1-2-18-14-8-6-11(7-9-14)12-4-3-5-13(10-12)15(16)17/h3-10H,2H2,1H3,(H,16,17). The second-order valence-electron chi connectivity index (χ2n) is 3.84. The van der Waals surface area contributed by atoms with E-state index >= 15 is 0 Å². The van der Waals surface area contributed by atoms with Crippen LogP contribution in [-0.2, 0) is 0 Å². The molecule has 0 aliphatic carbocycles. The zero-order chi connectivity index (χ0) is 13.0. The first kappa shape index (κ1) is 12.7. The Morgan fingerprint density at radius 3 is 2.44 bits per heavy atom. The number of rotatable bonds is 4. The molecule has 0 bridgehead atoms. The number of aromatic carboxylic acids is 1. The van der Waals surface area contributed by atoms with Crippen molar-refractivity contribution in [2.24, 2.45) is 0 Å². The molecule has 3 heteroatoms. The minimum Gasteiger partial charge on any atom is -0.478 e. The van der Waals surface area contributed by atoms with Crippen molar-refractivity contribution in [1.82, 2.24) is 0 Å². The fraction of sp³-hybridized carbons (Fsp3) is 0.133. The first-order chi connectivity index (χ1) is 8.70. The van der Waals surface area contributed by atoms with E-state index in [1.165, 1.54) is 4.90 Å². The molecule has 0 saturated heterocycles. The topological polar surface area (TPSA) is 37.3 Å². The average Bonchev–Trinajstić information content (AvgIpc) is 2.40. The van der Waals surface area contributed by atoms with Crippen LogP contribution in [0.4, 0.5) is 0 Å². The maximum absolute atomic E-state index is 10.9. The maximum atomic E-state index is 10.9. The highest BCUT2D eigenvalue weighted by Crippen LogP contribution is 2.24. The minimum absolute atomic E-state index is 0.319. The maximum Gasteiger partial charge on any atom is 0.335 e. The second-order valence-corrected chi connectivity index (χ2v) is 5.18. The molecule has 0 saturated carbocycles. The number of benzene rings is 2. The van der Waals surface area contributed by atoms with Crippen LogP contribution in [0.25, 0.3) is 11.1 Å². The molecule has 0 heterocycles.